The second-order valence-electron chi connectivity index (χ2n) is 5.87. The Bertz CT molecular complexity index is 882. The zero-order chi connectivity index (χ0) is 18.6. The number of benzene rings is 2. The maximum absolute atomic E-state index is 12.7. The molecule has 1 atom stereocenters. The third kappa shape index (κ3) is 4.74. The van der Waals surface area contributed by atoms with Crippen molar-refractivity contribution in [1.82, 2.24) is 5.32 Å². The average Bonchev–Trinajstić information content (AvgIpc) is 2.54. The molecule has 2 N–H and O–H groups in total. The second kappa shape index (κ2) is 7.89. The fourth-order valence-corrected chi connectivity index (χ4v) is 3.88. The maximum atomic E-state index is 12.7. The standard InChI is InChI=1S/C18H21ClN2O3S/c1-4-13(3)20-18(22)14-7-5-6-8-16(14)21-25(23,24)17-10-9-12(2)11-15(17)19/h5-11,13,21H,4H2,1-3H3,(H,20,22). The number of aryl methyl sites for hydroxylation is 1. The van der Waals surface area contributed by atoms with Gasteiger partial charge >= 0.3 is 0 Å². The van der Waals surface area contributed by atoms with Gasteiger partial charge in [-0.1, -0.05) is 36.7 Å². The van der Waals surface area contributed by atoms with Crippen LogP contribution in [0.1, 0.15) is 36.2 Å². The van der Waals surface area contributed by atoms with Crippen LogP contribution in [0.25, 0.3) is 0 Å². The SMILES string of the molecule is CCC(C)NC(=O)c1ccccc1NS(=O)(=O)c1ccc(C)cc1Cl. The van der Waals surface area contributed by atoms with Crippen LogP contribution in [0.5, 0.6) is 0 Å². The van der Waals surface area contributed by atoms with E-state index in [1.807, 2.05) is 20.8 Å². The molecule has 1 amide bonds. The van der Waals surface area contributed by atoms with E-state index in [1.54, 1.807) is 36.4 Å². The molecule has 0 aliphatic heterocycles. The molecule has 1 unspecified atom stereocenters. The van der Waals surface area contributed by atoms with Crippen LogP contribution in [0.15, 0.2) is 47.4 Å². The van der Waals surface area contributed by atoms with Gasteiger partial charge in [-0.25, -0.2) is 8.42 Å². The molecule has 2 aromatic carbocycles. The van der Waals surface area contributed by atoms with E-state index < -0.39 is 10.0 Å². The minimum atomic E-state index is -3.91. The van der Waals surface area contributed by atoms with Crippen molar-refractivity contribution in [2.24, 2.45) is 0 Å². The summed E-state index contributed by atoms with van der Waals surface area (Å²) in [7, 11) is -3.91. The Morgan fingerprint density at radius 1 is 1.20 bits per heavy atom. The fourth-order valence-electron chi connectivity index (χ4n) is 2.20. The summed E-state index contributed by atoms with van der Waals surface area (Å²) in [5.41, 5.74) is 1.33. The van der Waals surface area contributed by atoms with Crippen LogP contribution in [-0.2, 0) is 10.0 Å². The molecule has 134 valence electrons. The molecule has 2 aromatic rings. The van der Waals surface area contributed by atoms with Crippen LogP contribution in [-0.4, -0.2) is 20.4 Å². The smallest absolute Gasteiger partial charge is 0.263 e. The number of carbonyl (C=O) groups is 1. The summed E-state index contributed by atoms with van der Waals surface area (Å²) < 4.78 is 27.8. The third-order valence-electron chi connectivity index (χ3n) is 3.78. The average molecular weight is 381 g/mol. The largest absolute Gasteiger partial charge is 0.350 e. The van der Waals surface area contributed by atoms with E-state index in [0.29, 0.717) is 0 Å². The Morgan fingerprint density at radius 3 is 2.52 bits per heavy atom. The molecule has 5 nitrogen and oxygen atoms in total. The Hall–Kier alpha value is -2.05. The molecular formula is C18H21ClN2O3S. The number of anilines is 1. The van der Waals surface area contributed by atoms with Crippen molar-refractivity contribution in [3.63, 3.8) is 0 Å². The zero-order valence-corrected chi connectivity index (χ0v) is 15.9. The van der Waals surface area contributed by atoms with Crippen molar-refractivity contribution in [3.05, 3.63) is 58.6 Å². The zero-order valence-electron chi connectivity index (χ0n) is 14.3. The number of amides is 1. The highest BCUT2D eigenvalue weighted by atomic mass is 35.5. The van der Waals surface area contributed by atoms with E-state index in [2.05, 4.69) is 10.0 Å². The van der Waals surface area contributed by atoms with Gasteiger partial charge in [0.05, 0.1) is 16.3 Å². The molecule has 0 spiro atoms. The number of hydrogen-bond donors (Lipinski definition) is 2. The molecule has 0 radical (unpaired) electrons. The molecule has 0 aromatic heterocycles. The van der Waals surface area contributed by atoms with Gasteiger partial charge in [0, 0.05) is 6.04 Å². The maximum Gasteiger partial charge on any atom is 0.263 e. The van der Waals surface area contributed by atoms with Crippen molar-refractivity contribution >= 4 is 33.2 Å². The highest BCUT2D eigenvalue weighted by Gasteiger charge is 2.21. The predicted molar refractivity (Wildman–Crippen MR) is 101 cm³/mol. The summed E-state index contributed by atoms with van der Waals surface area (Å²) in [4.78, 5) is 12.4. The number of rotatable bonds is 6. The van der Waals surface area contributed by atoms with Gasteiger partial charge in [0.1, 0.15) is 4.90 Å². The van der Waals surface area contributed by atoms with E-state index in [0.717, 1.165) is 12.0 Å². The van der Waals surface area contributed by atoms with Gasteiger partial charge in [0.2, 0.25) is 0 Å². The van der Waals surface area contributed by atoms with Crippen molar-refractivity contribution < 1.29 is 13.2 Å². The summed E-state index contributed by atoms with van der Waals surface area (Å²) in [5, 5.41) is 2.96. The molecule has 0 aliphatic rings. The van der Waals surface area contributed by atoms with Crippen LogP contribution < -0.4 is 10.0 Å². The summed E-state index contributed by atoms with van der Waals surface area (Å²) in [6.07, 6.45) is 0.776. The Balaban J connectivity index is 2.35. The molecular weight excluding hydrogens is 360 g/mol. The Labute approximate surface area is 153 Å². The monoisotopic (exact) mass is 380 g/mol. The van der Waals surface area contributed by atoms with Gasteiger partial charge in [-0.15, -0.1) is 0 Å². The van der Waals surface area contributed by atoms with Crippen molar-refractivity contribution in [2.45, 2.75) is 38.1 Å². The van der Waals surface area contributed by atoms with Gasteiger partial charge in [-0.2, -0.15) is 0 Å². The number of carbonyl (C=O) groups excluding carboxylic acids is 1. The number of halogens is 1. The predicted octanol–water partition coefficient (Wildman–Crippen LogP) is 3.98. The molecule has 0 bridgehead atoms. The van der Waals surface area contributed by atoms with E-state index in [9.17, 15) is 13.2 Å². The lowest BCUT2D eigenvalue weighted by Gasteiger charge is -2.16. The van der Waals surface area contributed by atoms with Crippen LogP contribution in [0.2, 0.25) is 5.02 Å². The van der Waals surface area contributed by atoms with Gasteiger partial charge < -0.3 is 5.32 Å². The lowest BCUT2D eigenvalue weighted by molar-refractivity contribution is 0.0940. The highest BCUT2D eigenvalue weighted by Crippen LogP contribution is 2.26. The molecule has 7 heteroatoms. The van der Waals surface area contributed by atoms with Crippen LogP contribution >= 0.6 is 11.6 Å². The van der Waals surface area contributed by atoms with Gasteiger partial charge in [0.15, 0.2) is 0 Å². The Morgan fingerprint density at radius 2 is 1.88 bits per heavy atom. The Kier molecular flexibility index (Phi) is 6.08. The molecule has 25 heavy (non-hydrogen) atoms. The van der Waals surface area contributed by atoms with E-state index >= 15 is 0 Å². The molecule has 0 aliphatic carbocycles. The lowest BCUT2D eigenvalue weighted by Crippen LogP contribution is -2.32. The molecule has 0 heterocycles. The van der Waals surface area contributed by atoms with Crippen molar-refractivity contribution in [1.29, 1.82) is 0 Å². The minimum absolute atomic E-state index is 0.0105. The first-order valence-electron chi connectivity index (χ1n) is 7.93. The van der Waals surface area contributed by atoms with Gasteiger partial charge in [-0.05, 0) is 50.1 Å². The van der Waals surface area contributed by atoms with Crippen molar-refractivity contribution in [3.8, 4) is 0 Å². The fraction of sp³-hybridized carbons (Fsp3) is 0.278. The van der Waals surface area contributed by atoms with Gasteiger partial charge in [-0.3, -0.25) is 9.52 Å². The van der Waals surface area contributed by atoms with Crippen LogP contribution in [0, 0.1) is 6.92 Å². The molecule has 0 saturated carbocycles. The summed E-state index contributed by atoms with van der Waals surface area (Å²) in [6, 6.07) is 11.2. The number of para-hydroxylation sites is 1. The first kappa shape index (κ1) is 19.3. The first-order chi connectivity index (χ1) is 11.7. The number of hydrogen-bond acceptors (Lipinski definition) is 3. The van der Waals surface area contributed by atoms with Crippen LogP contribution in [0.3, 0.4) is 0 Å². The summed E-state index contributed by atoms with van der Waals surface area (Å²) in [5.74, 6) is -0.331. The first-order valence-corrected chi connectivity index (χ1v) is 9.79. The minimum Gasteiger partial charge on any atom is -0.350 e. The number of nitrogens with one attached hydrogen (secondary N) is 2. The summed E-state index contributed by atoms with van der Waals surface area (Å²) in [6.45, 7) is 5.67. The van der Waals surface area contributed by atoms with Crippen LogP contribution in [0.4, 0.5) is 5.69 Å². The lowest BCUT2D eigenvalue weighted by atomic mass is 10.1. The van der Waals surface area contributed by atoms with Crippen molar-refractivity contribution in [2.75, 3.05) is 4.72 Å². The third-order valence-corrected chi connectivity index (χ3v) is 5.63. The summed E-state index contributed by atoms with van der Waals surface area (Å²) >= 11 is 6.07. The topological polar surface area (TPSA) is 75.3 Å². The highest BCUT2D eigenvalue weighted by molar-refractivity contribution is 7.92. The second-order valence-corrected chi connectivity index (χ2v) is 7.93. The van der Waals surface area contributed by atoms with E-state index in [-0.39, 0.29) is 33.1 Å². The van der Waals surface area contributed by atoms with Gasteiger partial charge in [0.25, 0.3) is 15.9 Å². The quantitative estimate of drug-likeness (QED) is 0.795. The molecule has 0 saturated heterocycles. The normalized spacial score (nSPS) is 12.5. The number of sulfonamides is 1. The van der Waals surface area contributed by atoms with E-state index in [1.165, 1.54) is 6.07 Å². The molecule has 0 fully saturated rings. The van der Waals surface area contributed by atoms with E-state index in [4.69, 9.17) is 11.6 Å². The molecule has 2 rings (SSSR count).